The lowest BCUT2D eigenvalue weighted by atomic mass is 9.93. The number of thiazole rings is 1. The molecule has 1 aliphatic carbocycles. The minimum atomic E-state index is -3.50. The number of benzene rings is 1. The molecule has 0 bridgehead atoms. The Bertz CT molecular complexity index is 877. The Balaban J connectivity index is 1.69. The molecule has 1 amide bonds. The van der Waals surface area contributed by atoms with Crippen LogP contribution in [0.15, 0.2) is 34.5 Å². The Hall–Kier alpha value is -1.77. The second-order valence-electron chi connectivity index (χ2n) is 7.16. The zero-order valence-electron chi connectivity index (χ0n) is 14.4. The third-order valence-corrected chi connectivity index (χ3v) is 6.11. The number of anilines is 1. The largest absolute Gasteiger partial charge is 0.298 e. The first-order valence-electron chi connectivity index (χ1n) is 8.05. The average Bonchev–Trinajstić information content (AvgIpc) is 3.19. The van der Waals surface area contributed by atoms with Crippen LogP contribution in [0.2, 0.25) is 0 Å². The predicted molar refractivity (Wildman–Crippen MR) is 98.6 cm³/mol. The lowest BCUT2D eigenvalue weighted by Crippen LogP contribution is -2.25. The highest BCUT2D eigenvalue weighted by atomic mass is 32.2. The summed E-state index contributed by atoms with van der Waals surface area (Å²) >= 11 is 1.37. The number of carbonyl (C=O) groups excluding carboxylic acids is 1. The fourth-order valence-corrected chi connectivity index (χ4v) is 4.36. The third kappa shape index (κ3) is 4.45. The van der Waals surface area contributed by atoms with Gasteiger partial charge in [0, 0.05) is 22.4 Å². The molecule has 0 radical (unpaired) electrons. The molecule has 1 aliphatic rings. The van der Waals surface area contributed by atoms with Gasteiger partial charge in [-0.25, -0.2) is 18.1 Å². The smallest absolute Gasteiger partial charge is 0.257 e. The molecule has 8 heteroatoms. The maximum absolute atomic E-state index is 12.3. The summed E-state index contributed by atoms with van der Waals surface area (Å²) in [5.74, 6) is -0.311. The van der Waals surface area contributed by atoms with Gasteiger partial charge in [-0.2, -0.15) is 0 Å². The summed E-state index contributed by atoms with van der Waals surface area (Å²) in [6.45, 7) is 6.17. The Kier molecular flexibility index (Phi) is 4.70. The lowest BCUT2D eigenvalue weighted by Gasteiger charge is -2.14. The molecular weight excluding hydrogens is 358 g/mol. The van der Waals surface area contributed by atoms with Crippen molar-refractivity contribution < 1.29 is 13.2 Å². The molecule has 1 heterocycles. The SMILES string of the molecule is CC(C)(C)c1csc(NC(=O)c2ccc(S(=O)(=O)NC3CC3)cc2)n1. The topological polar surface area (TPSA) is 88.2 Å². The lowest BCUT2D eigenvalue weighted by molar-refractivity contribution is 0.102. The maximum Gasteiger partial charge on any atom is 0.257 e. The van der Waals surface area contributed by atoms with Gasteiger partial charge in [0.1, 0.15) is 0 Å². The van der Waals surface area contributed by atoms with Crippen LogP contribution >= 0.6 is 11.3 Å². The summed E-state index contributed by atoms with van der Waals surface area (Å²) < 4.78 is 26.9. The fourth-order valence-electron chi connectivity index (χ4n) is 2.12. The predicted octanol–water partition coefficient (Wildman–Crippen LogP) is 3.13. The van der Waals surface area contributed by atoms with Crippen LogP contribution in [-0.2, 0) is 15.4 Å². The maximum atomic E-state index is 12.3. The van der Waals surface area contributed by atoms with Gasteiger partial charge in [0.25, 0.3) is 5.91 Å². The molecule has 2 N–H and O–H groups in total. The van der Waals surface area contributed by atoms with Crippen molar-refractivity contribution >= 4 is 32.4 Å². The van der Waals surface area contributed by atoms with Crippen molar-refractivity contribution in [1.29, 1.82) is 0 Å². The van der Waals surface area contributed by atoms with Crippen LogP contribution in [0.1, 0.15) is 49.7 Å². The summed E-state index contributed by atoms with van der Waals surface area (Å²) in [6, 6.07) is 5.96. The van der Waals surface area contributed by atoms with Crippen molar-refractivity contribution in [2.75, 3.05) is 5.32 Å². The third-order valence-electron chi connectivity index (χ3n) is 3.82. The van der Waals surface area contributed by atoms with Crippen LogP contribution < -0.4 is 10.0 Å². The van der Waals surface area contributed by atoms with E-state index in [0.717, 1.165) is 18.5 Å². The van der Waals surface area contributed by atoms with Crippen molar-refractivity contribution in [2.24, 2.45) is 0 Å². The summed E-state index contributed by atoms with van der Waals surface area (Å²) in [4.78, 5) is 16.9. The van der Waals surface area contributed by atoms with Crippen LogP contribution in [0.5, 0.6) is 0 Å². The highest BCUT2D eigenvalue weighted by Gasteiger charge is 2.28. The summed E-state index contributed by atoms with van der Waals surface area (Å²) in [5, 5.41) is 5.21. The molecule has 1 aromatic carbocycles. The second-order valence-corrected chi connectivity index (χ2v) is 9.73. The van der Waals surface area contributed by atoms with E-state index < -0.39 is 10.0 Å². The molecule has 0 saturated heterocycles. The molecule has 134 valence electrons. The van der Waals surface area contributed by atoms with E-state index in [9.17, 15) is 13.2 Å². The van der Waals surface area contributed by atoms with Crippen LogP contribution in [0.25, 0.3) is 0 Å². The van der Waals surface area contributed by atoms with Crippen LogP contribution in [0.3, 0.4) is 0 Å². The van der Waals surface area contributed by atoms with Gasteiger partial charge >= 0.3 is 0 Å². The van der Waals surface area contributed by atoms with E-state index in [0.29, 0.717) is 10.7 Å². The summed E-state index contributed by atoms with van der Waals surface area (Å²) in [6.07, 6.45) is 1.76. The molecule has 0 spiro atoms. The summed E-state index contributed by atoms with van der Waals surface area (Å²) in [7, 11) is -3.50. The van der Waals surface area contributed by atoms with E-state index in [4.69, 9.17) is 0 Å². The van der Waals surface area contributed by atoms with Gasteiger partial charge in [-0.05, 0) is 37.1 Å². The van der Waals surface area contributed by atoms with E-state index in [2.05, 4.69) is 35.8 Å². The van der Waals surface area contributed by atoms with Gasteiger partial charge in [-0.15, -0.1) is 11.3 Å². The number of carbonyl (C=O) groups is 1. The van der Waals surface area contributed by atoms with E-state index in [-0.39, 0.29) is 22.3 Å². The molecule has 0 atom stereocenters. The molecule has 2 aromatic rings. The van der Waals surface area contributed by atoms with Crippen LogP contribution in [0, 0.1) is 0 Å². The number of amides is 1. The first kappa shape index (κ1) is 18.0. The number of hydrogen-bond acceptors (Lipinski definition) is 5. The van der Waals surface area contributed by atoms with Crippen LogP contribution in [-0.4, -0.2) is 25.4 Å². The van der Waals surface area contributed by atoms with Crippen molar-refractivity contribution in [3.8, 4) is 0 Å². The van der Waals surface area contributed by atoms with Crippen molar-refractivity contribution in [2.45, 2.75) is 50.0 Å². The fraction of sp³-hybridized carbons (Fsp3) is 0.412. The van der Waals surface area contributed by atoms with E-state index in [1.165, 1.54) is 35.6 Å². The van der Waals surface area contributed by atoms with Gasteiger partial charge < -0.3 is 0 Å². The first-order valence-corrected chi connectivity index (χ1v) is 10.4. The monoisotopic (exact) mass is 379 g/mol. The molecule has 1 aromatic heterocycles. The van der Waals surface area contributed by atoms with Gasteiger partial charge in [-0.1, -0.05) is 20.8 Å². The highest BCUT2D eigenvalue weighted by Crippen LogP contribution is 2.27. The molecule has 1 fully saturated rings. The molecule has 25 heavy (non-hydrogen) atoms. The van der Waals surface area contributed by atoms with Crippen molar-refractivity contribution in [3.05, 3.63) is 40.9 Å². The number of nitrogens with zero attached hydrogens (tertiary/aromatic N) is 1. The van der Waals surface area contributed by atoms with Crippen LogP contribution in [0.4, 0.5) is 5.13 Å². The number of aromatic nitrogens is 1. The Morgan fingerprint density at radius 1 is 1.20 bits per heavy atom. The number of rotatable bonds is 5. The standard InChI is InChI=1S/C17H21N3O3S2/c1-17(2,3)14-10-24-16(18-14)19-15(21)11-4-8-13(9-5-11)25(22,23)20-12-6-7-12/h4-5,8-10,12,20H,6-7H2,1-3H3,(H,18,19,21). The van der Waals surface area contributed by atoms with Crippen molar-refractivity contribution in [3.63, 3.8) is 0 Å². The van der Waals surface area contributed by atoms with E-state index in [1.807, 2.05) is 5.38 Å². The highest BCUT2D eigenvalue weighted by molar-refractivity contribution is 7.89. The Morgan fingerprint density at radius 2 is 1.84 bits per heavy atom. The molecule has 6 nitrogen and oxygen atoms in total. The van der Waals surface area contributed by atoms with Crippen molar-refractivity contribution in [1.82, 2.24) is 9.71 Å². The molecule has 3 rings (SSSR count). The molecule has 1 saturated carbocycles. The summed E-state index contributed by atoms with van der Waals surface area (Å²) in [5.41, 5.74) is 1.22. The normalized spacial score (nSPS) is 15.2. The molecule has 0 unspecified atom stereocenters. The van der Waals surface area contributed by atoms with E-state index in [1.54, 1.807) is 0 Å². The number of hydrogen-bond donors (Lipinski definition) is 2. The minimum Gasteiger partial charge on any atom is -0.298 e. The second kappa shape index (κ2) is 6.51. The van der Waals surface area contributed by atoms with Gasteiger partial charge in [0.05, 0.1) is 10.6 Å². The molecular formula is C17H21N3O3S2. The van der Waals surface area contributed by atoms with E-state index >= 15 is 0 Å². The number of sulfonamides is 1. The zero-order chi connectivity index (χ0) is 18.2. The Labute approximate surface area is 151 Å². The quantitative estimate of drug-likeness (QED) is 0.835. The average molecular weight is 380 g/mol. The minimum absolute atomic E-state index is 0.0508. The first-order chi connectivity index (χ1) is 11.6. The van der Waals surface area contributed by atoms with Gasteiger partial charge in [-0.3, -0.25) is 10.1 Å². The molecule has 0 aliphatic heterocycles. The Morgan fingerprint density at radius 3 is 2.36 bits per heavy atom. The van der Waals surface area contributed by atoms with Gasteiger partial charge in [0.15, 0.2) is 5.13 Å². The zero-order valence-corrected chi connectivity index (χ0v) is 16.0. The number of nitrogens with one attached hydrogen (secondary N) is 2. The van der Waals surface area contributed by atoms with Gasteiger partial charge in [0.2, 0.25) is 10.0 Å².